The largest absolute Gasteiger partial charge is 0.317 e. The van der Waals surface area contributed by atoms with Crippen LogP contribution in [0.15, 0.2) is 0 Å². The topological polar surface area (TPSA) is 61.4 Å². The highest BCUT2D eigenvalue weighted by atomic mass is 32.2. The van der Waals surface area contributed by atoms with Gasteiger partial charge >= 0.3 is 0 Å². The summed E-state index contributed by atoms with van der Waals surface area (Å²) in [5.74, 6) is 2.73. The normalized spacial score (nSPS) is 20.7. The second kappa shape index (κ2) is 8.37. The first-order chi connectivity index (χ1) is 8.56. The smallest absolute Gasteiger partial charge is 0.279 e. The minimum Gasteiger partial charge on any atom is -0.317 e. The van der Waals surface area contributed by atoms with E-state index in [9.17, 15) is 8.42 Å². The standard InChI is InChI=1S/C11H25N3O2S2/c1-3-12-6-4-7-14(2)18(15,16)13-9-11-5-8-17-10-11/h11-13H,3-10H2,1-2H3. The Morgan fingerprint density at radius 1 is 1.44 bits per heavy atom. The van der Waals surface area contributed by atoms with E-state index in [2.05, 4.69) is 10.0 Å². The molecular weight excluding hydrogens is 270 g/mol. The van der Waals surface area contributed by atoms with Crippen molar-refractivity contribution in [3.05, 3.63) is 0 Å². The van der Waals surface area contributed by atoms with Crippen molar-refractivity contribution in [2.45, 2.75) is 19.8 Å². The monoisotopic (exact) mass is 295 g/mol. The van der Waals surface area contributed by atoms with Gasteiger partial charge in [-0.25, -0.2) is 4.72 Å². The van der Waals surface area contributed by atoms with Gasteiger partial charge in [-0.2, -0.15) is 24.5 Å². The zero-order valence-electron chi connectivity index (χ0n) is 11.3. The minimum atomic E-state index is -3.29. The summed E-state index contributed by atoms with van der Waals surface area (Å²) in [6.45, 7) is 4.96. The molecule has 1 atom stereocenters. The van der Waals surface area contributed by atoms with Crippen LogP contribution in [0.4, 0.5) is 0 Å². The molecule has 1 fully saturated rings. The second-order valence-electron chi connectivity index (χ2n) is 4.61. The molecule has 0 aromatic heterocycles. The van der Waals surface area contributed by atoms with E-state index in [1.165, 1.54) is 4.31 Å². The van der Waals surface area contributed by atoms with E-state index in [1.54, 1.807) is 7.05 Å². The molecule has 0 radical (unpaired) electrons. The van der Waals surface area contributed by atoms with Crippen LogP contribution in [0.2, 0.25) is 0 Å². The summed E-state index contributed by atoms with van der Waals surface area (Å²) in [6.07, 6.45) is 1.96. The van der Waals surface area contributed by atoms with Gasteiger partial charge in [0.15, 0.2) is 0 Å². The SMILES string of the molecule is CCNCCCN(C)S(=O)(=O)NCC1CCSC1. The molecular formula is C11H25N3O2S2. The molecule has 0 aliphatic carbocycles. The highest BCUT2D eigenvalue weighted by molar-refractivity contribution is 7.99. The van der Waals surface area contributed by atoms with Gasteiger partial charge in [0.05, 0.1) is 0 Å². The van der Waals surface area contributed by atoms with Crippen LogP contribution in [0, 0.1) is 5.92 Å². The third kappa shape index (κ3) is 5.88. The zero-order chi connectivity index (χ0) is 13.4. The number of nitrogens with zero attached hydrogens (tertiary/aromatic N) is 1. The summed E-state index contributed by atoms with van der Waals surface area (Å²) in [6, 6.07) is 0. The molecule has 0 amide bonds. The van der Waals surface area contributed by atoms with E-state index < -0.39 is 10.2 Å². The van der Waals surface area contributed by atoms with Gasteiger partial charge in [0, 0.05) is 20.1 Å². The van der Waals surface area contributed by atoms with Gasteiger partial charge in [0.2, 0.25) is 0 Å². The predicted molar refractivity (Wildman–Crippen MR) is 78.1 cm³/mol. The Morgan fingerprint density at radius 3 is 2.83 bits per heavy atom. The molecule has 0 spiro atoms. The van der Waals surface area contributed by atoms with Gasteiger partial charge in [-0.1, -0.05) is 6.92 Å². The Balaban J connectivity index is 2.23. The molecule has 2 N–H and O–H groups in total. The van der Waals surface area contributed by atoms with Crippen LogP contribution in [0.1, 0.15) is 19.8 Å². The number of nitrogens with one attached hydrogen (secondary N) is 2. The van der Waals surface area contributed by atoms with Gasteiger partial charge in [-0.15, -0.1) is 0 Å². The Hall–Kier alpha value is 0.180. The zero-order valence-corrected chi connectivity index (χ0v) is 12.9. The number of hydrogen-bond acceptors (Lipinski definition) is 4. The van der Waals surface area contributed by atoms with E-state index in [1.807, 2.05) is 18.7 Å². The fourth-order valence-electron chi connectivity index (χ4n) is 1.80. The molecule has 5 nitrogen and oxygen atoms in total. The van der Waals surface area contributed by atoms with Crippen LogP contribution in [0.25, 0.3) is 0 Å². The third-order valence-electron chi connectivity index (χ3n) is 3.07. The van der Waals surface area contributed by atoms with Gasteiger partial charge in [0.25, 0.3) is 10.2 Å². The van der Waals surface area contributed by atoms with Gasteiger partial charge in [-0.05, 0) is 43.4 Å². The lowest BCUT2D eigenvalue weighted by atomic mass is 10.1. The lowest BCUT2D eigenvalue weighted by molar-refractivity contribution is 0.439. The molecule has 108 valence electrons. The lowest BCUT2D eigenvalue weighted by Gasteiger charge is -2.19. The second-order valence-corrected chi connectivity index (χ2v) is 7.62. The first-order valence-corrected chi connectivity index (χ1v) is 9.15. The average Bonchev–Trinajstić information content (AvgIpc) is 2.85. The van der Waals surface area contributed by atoms with Crippen molar-refractivity contribution in [3.8, 4) is 0 Å². The molecule has 1 unspecified atom stereocenters. The van der Waals surface area contributed by atoms with Crippen molar-refractivity contribution in [3.63, 3.8) is 0 Å². The fraction of sp³-hybridized carbons (Fsp3) is 1.00. The Labute approximate surface area is 115 Å². The van der Waals surface area contributed by atoms with Crippen LogP contribution < -0.4 is 10.0 Å². The summed E-state index contributed by atoms with van der Waals surface area (Å²) >= 11 is 1.90. The van der Waals surface area contributed by atoms with Crippen LogP contribution in [-0.2, 0) is 10.2 Å². The van der Waals surface area contributed by atoms with E-state index >= 15 is 0 Å². The van der Waals surface area contributed by atoms with E-state index in [0.717, 1.165) is 37.4 Å². The van der Waals surface area contributed by atoms with Crippen molar-refractivity contribution in [1.82, 2.24) is 14.3 Å². The van der Waals surface area contributed by atoms with Crippen LogP contribution >= 0.6 is 11.8 Å². The number of hydrogen-bond donors (Lipinski definition) is 2. The van der Waals surface area contributed by atoms with E-state index in [4.69, 9.17) is 0 Å². The molecule has 18 heavy (non-hydrogen) atoms. The summed E-state index contributed by atoms with van der Waals surface area (Å²) in [5, 5.41) is 3.19. The molecule has 0 saturated carbocycles. The van der Waals surface area contributed by atoms with Crippen LogP contribution in [0.3, 0.4) is 0 Å². The van der Waals surface area contributed by atoms with Gasteiger partial charge < -0.3 is 5.32 Å². The van der Waals surface area contributed by atoms with Crippen molar-refractivity contribution >= 4 is 22.0 Å². The number of thioether (sulfide) groups is 1. The summed E-state index contributed by atoms with van der Waals surface area (Å²) in [7, 11) is -1.65. The average molecular weight is 295 g/mol. The maximum atomic E-state index is 11.9. The fourth-order valence-corrected chi connectivity index (χ4v) is 4.12. The lowest BCUT2D eigenvalue weighted by Crippen LogP contribution is -2.41. The summed E-state index contributed by atoms with van der Waals surface area (Å²) < 4.78 is 28.0. The molecule has 7 heteroatoms. The molecule has 0 bridgehead atoms. The summed E-state index contributed by atoms with van der Waals surface area (Å²) in [4.78, 5) is 0. The molecule has 1 saturated heterocycles. The van der Waals surface area contributed by atoms with E-state index in [-0.39, 0.29) is 0 Å². The van der Waals surface area contributed by atoms with Gasteiger partial charge in [0.1, 0.15) is 0 Å². The molecule has 1 aliphatic rings. The molecule has 0 aromatic rings. The van der Waals surface area contributed by atoms with Crippen LogP contribution in [-0.4, -0.2) is 57.5 Å². The maximum absolute atomic E-state index is 11.9. The first-order valence-electron chi connectivity index (χ1n) is 6.55. The van der Waals surface area contributed by atoms with Crippen molar-refractivity contribution in [2.24, 2.45) is 5.92 Å². The third-order valence-corrected chi connectivity index (χ3v) is 5.83. The highest BCUT2D eigenvalue weighted by Gasteiger charge is 2.21. The van der Waals surface area contributed by atoms with Gasteiger partial charge in [-0.3, -0.25) is 0 Å². The van der Waals surface area contributed by atoms with E-state index in [0.29, 0.717) is 19.0 Å². The van der Waals surface area contributed by atoms with Crippen molar-refractivity contribution < 1.29 is 8.42 Å². The van der Waals surface area contributed by atoms with Crippen molar-refractivity contribution in [1.29, 1.82) is 0 Å². The molecule has 0 aromatic carbocycles. The predicted octanol–water partition coefficient (Wildman–Crippen LogP) is 0.505. The Bertz CT molecular complexity index is 316. The molecule has 1 aliphatic heterocycles. The van der Waals surface area contributed by atoms with Crippen molar-refractivity contribution in [2.75, 3.05) is 44.7 Å². The molecule has 1 heterocycles. The minimum absolute atomic E-state index is 0.500. The molecule has 1 rings (SSSR count). The van der Waals surface area contributed by atoms with Crippen LogP contribution in [0.5, 0.6) is 0 Å². The first kappa shape index (κ1) is 16.2. The Kier molecular flexibility index (Phi) is 7.55. The number of rotatable bonds is 9. The Morgan fingerprint density at radius 2 is 2.22 bits per heavy atom. The quantitative estimate of drug-likeness (QED) is 0.608. The maximum Gasteiger partial charge on any atom is 0.279 e. The summed E-state index contributed by atoms with van der Waals surface area (Å²) in [5.41, 5.74) is 0. The highest BCUT2D eigenvalue weighted by Crippen LogP contribution is 2.22.